The second-order valence-corrected chi connectivity index (χ2v) is 6.38. The van der Waals surface area contributed by atoms with E-state index in [0.717, 1.165) is 31.4 Å². The summed E-state index contributed by atoms with van der Waals surface area (Å²) in [7, 11) is 0. The van der Waals surface area contributed by atoms with Crippen molar-refractivity contribution in [2.24, 2.45) is 0 Å². The van der Waals surface area contributed by atoms with Gasteiger partial charge in [0.25, 0.3) is 5.91 Å². The van der Waals surface area contributed by atoms with Gasteiger partial charge in [0.2, 0.25) is 0 Å². The Bertz CT molecular complexity index is 790. The molecule has 2 aromatic rings. The number of piperidine rings is 1. The van der Waals surface area contributed by atoms with Crippen LogP contribution in [0.5, 0.6) is 0 Å². The highest BCUT2D eigenvalue weighted by atomic mass is 35.5. The lowest BCUT2D eigenvalue weighted by Crippen LogP contribution is -2.36. The third-order valence-electron chi connectivity index (χ3n) is 4.07. The third-order valence-corrected chi connectivity index (χ3v) is 4.40. The average Bonchev–Trinajstić information content (AvgIpc) is 2.63. The average molecular weight is 385 g/mol. The number of carbonyl (C=O) groups is 1. The fourth-order valence-electron chi connectivity index (χ4n) is 2.74. The number of rotatable bonds is 3. The Morgan fingerprint density at radius 3 is 2.42 bits per heavy atom. The van der Waals surface area contributed by atoms with Crippen molar-refractivity contribution in [3.8, 4) is 0 Å². The molecule has 0 atom stereocenters. The van der Waals surface area contributed by atoms with Gasteiger partial charge in [-0.15, -0.1) is 10.2 Å². The monoisotopic (exact) mass is 384 g/mol. The van der Waals surface area contributed by atoms with Crippen molar-refractivity contribution in [3.05, 3.63) is 46.6 Å². The summed E-state index contributed by atoms with van der Waals surface area (Å²) in [6.45, 7) is 1.40. The third kappa shape index (κ3) is 4.24. The molecule has 138 valence electrons. The lowest BCUT2D eigenvalue weighted by atomic mass is 10.1. The van der Waals surface area contributed by atoms with Crippen molar-refractivity contribution in [1.29, 1.82) is 0 Å². The summed E-state index contributed by atoms with van der Waals surface area (Å²) >= 11 is 5.60. The zero-order valence-corrected chi connectivity index (χ0v) is 14.4. The number of nitrogens with one attached hydrogen (secondary N) is 1. The Balaban J connectivity index is 1.72. The number of alkyl halides is 3. The van der Waals surface area contributed by atoms with Gasteiger partial charge >= 0.3 is 6.18 Å². The van der Waals surface area contributed by atoms with Crippen LogP contribution in [0.4, 0.5) is 24.7 Å². The van der Waals surface area contributed by atoms with E-state index in [4.69, 9.17) is 11.6 Å². The number of aromatic nitrogens is 2. The Labute approximate surface area is 153 Å². The lowest BCUT2D eigenvalue weighted by molar-refractivity contribution is -0.137. The molecule has 0 aliphatic carbocycles. The van der Waals surface area contributed by atoms with Crippen molar-refractivity contribution in [1.82, 2.24) is 15.1 Å². The van der Waals surface area contributed by atoms with Crippen molar-refractivity contribution in [3.63, 3.8) is 0 Å². The molecular weight excluding hydrogens is 369 g/mol. The SMILES string of the molecule is O=C(c1ccc(Nc2ccc(Cl)c(C(F)(F)F)c2)nn1)N1CCCCC1. The molecular formula is C17H16ClF3N4O. The summed E-state index contributed by atoms with van der Waals surface area (Å²) in [5.41, 5.74) is -0.551. The first kappa shape index (κ1) is 18.4. The normalized spacial score (nSPS) is 15.0. The first-order valence-electron chi connectivity index (χ1n) is 8.11. The molecule has 1 aliphatic rings. The molecule has 0 saturated carbocycles. The first-order valence-corrected chi connectivity index (χ1v) is 8.49. The van der Waals surface area contributed by atoms with Gasteiger partial charge in [0.05, 0.1) is 10.6 Å². The van der Waals surface area contributed by atoms with Gasteiger partial charge in [0.15, 0.2) is 11.5 Å². The molecule has 1 fully saturated rings. The fraction of sp³-hybridized carbons (Fsp3) is 0.353. The van der Waals surface area contributed by atoms with Gasteiger partial charge in [-0.05, 0) is 49.6 Å². The van der Waals surface area contributed by atoms with E-state index in [2.05, 4.69) is 15.5 Å². The van der Waals surface area contributed by atoms with E-state index in [1.54, 1.807) is 4.90 Å². The Morgan fingerprint density at radius 2 is 1.81 bits per heavy atom. The van der Waals surface area contributed by atoms with Crippen LogP contribution in [0.15, 0.2) is 30.3 Å². The molecule has 1 aromatic carbocycles. The van der Waals surface area contributed by atoms with Crippen molar-refractivity contribution in [2.45, 2.75) is 25.4 Å². The molecule has 3 rings (SSSR count). The molecule has 5 nitrogen and oxygen atoms in total. The van der Waals surface area contributed by atoms with Crippen molar-refractivity contribution < 1.29 is 18.0 Å². The molecule has 1 N–H and O–H groups in total. The molecule has 1 aliphatic heterocycles. The van der Waals surface area contributed by atoms with E-state index in [0.29, 0.717) is 13.1 Å². The van der Waals surface area contributed by atoms with Crippen LogP contribution in [0.1, 0.15) is 35.3 Å². The number of likely N-dealkylation sites (tertiary alicyclic amines) is 1. The minimum Gasteiger partial charge on any atom is -0.339 e. The predicted molar refractivity (Wildman–Crippen MR) is 91.5 cm³/mol. The molecule has 0 spiro atoms. The van der Waals surface area contributed by atoms with Gasteiger partial charge < -0.3 is 10.2 Å². The van der Waals surface area contributed by atoms with Crippen LogP contribution >= 0.6 is 11.6 Å². The smallest absolute Gasteiger partial charge is 0.339 e. The highest BCUT2D eigenvalue weighted by Gasteiger charge is 2.33. The fourth-order valence-corrected chi connectivity index (χ4v) is 2.96. The summed E-state index contributed by atoms with van der Waals surface area (Å²) < 4.78 is 38.7. The van der Waals surface area contributed by atoms with Crippen LogP contribution in [-0.2, 0) is 6.18 Å². The van der Waals surface area contributed by atoms with Gasteiger partial charge in [-0.1, -0.05) is 11.6 Å². The molecule has 26 heavy (non-hydrogen) atoms. The summed E-state index contributed by atoms with van der Waals surface area (Å²) in [5.74, 6) is 0.0465. The number of benzene rings is 1. The molecule has 1 amide bonds. The molecule has 1 saturated heterocycles. The molecule has 0 unspecified atom stereocenters. The number of halogens is 4. The van der Waals surface area contributed by atoms with E-state index >= 15 is 0 Å². The van der Waals surface area contributed by atoms with Crippen LogP contribution in [0.3, 0.4) is 0 Å². The van der Waals surface area contributed by atoms with E-state index < -0.39 is 11.7 Å². The molecule has 2 heterocycles. The summed E-state index contributed by atoms with van der Waals surface area (Å²) in [4.78, 5) is 14.1. The van der Waals surface area contributed by atoms with Crippen LogP contribution in [0.25, 0.3) is 0 Å². The zero-order chi connectivity index (χ0) is 18.7. The molecule has 1 aromatic heterocycles. The Hall–Kier alpha value is -2.35. The number of hydrogen-bond acceptors (Lipinski definition) is 4. The number of nitrogens with zero attached hydrogens (tertiary/aromatic N) is 3. The quantitative estimate of drug-likeness (QED) is 0.845. The van der Waals surface area contributed by atoms with E-state index in [-0.39, 0.29) is 28.1 Å². The van der Waals surface area contributed by atoms with Crippen molar-refractivity contribution in [2.75, 3.05) is 18.4 Å². The Morgan fingerprint density at radius 1 is 1.08 bits per heavy atom. The van der Waals surface area contributed by atoms with E-state index in [1.165, 1.54) is 18.2 Å². The summed E-state index contributed by atoms with van der Waals surface area (Å²) in [6, 6.07) is 6.48. The summed E-state index contributed by atoms with van der Waals surface area (Å²) in [5, 5.41) is 10.1. The van der Waals surface area contributed by atoms with Crippen LogP contribution in [0, 0.1) is 0 Å². The van der Waals surface area contributed by atoms with E-state index in [1.807, 2.05) is 0 Å². The van der Waals surface area contributed by atoms with Gasteiger partial charge in [-0.2, -0.15) is 13.2 Å². The number of carbonyl (C=O) groups excluding carboxylic acids is 1. The van der Waals surface area contributed by atoms with Crippen LogP contribution < -0.4 is 5.32 Å². The van der Waals surface area contributed by atoms with E-state index in [9.17, 15) is 18.0 Å². The van der Waals surface area contributed by atoms with Crippen LogP contribution in [-0.4, -0.2) is 34.1 Å². The van der Waals surface area contributed by atoms with Gasteiger partial charge in [0.1, 0.15) is 0 Å². The largest absolute Gasteiger partial charge is 0.417 e. The van der Waals surface area contributed by atoms with Gasteiger partial charge in [-0.25, -0.2) is 0 Å². The van der Waals surface area contributed by atoms with Crippen LogP contribution in [0.2, 0.25) is 5.02 Å². The second kappa shape index (κ2) is 7.49. The Kier molecular flexibility index (Phi) is 5.31. The highest BCUT2D eigenvalue weighted by molar-refractivity contribution is 6.31. The highest BCUT2D eigenvalue weighted by Crippen LogP contribution is 2.36. The maximum absolute atomic E-state index is 12.9. The van der Waals surface area contributed by atoms with Crippen molar-refractivity contribution >= 4 is 29.0 Å². The molecule has 0 bridgehead atoms. The first-order chi connectivity index (χ1) is 12.3. The molecule has 9 heteroatoms. The zero-order valence-electron chi connectivity index (χ0n) is 13.7. The maximum atomic E-state index is 12.9. The lowest BCUT2D eigenvalue weighted by Gasteiger charge is -2.26. The summed E-state index contributed by atoms with van der Waals surface area (Å²) in [6.07, 6.45) is -1.50. The van der Waals surface area contributed by atoms with Gasteiger partial charge in [-0.3, -0.25) is 4.79 Å². The number of anilines is 2. The second-order valence-electron chi connectivity index (χ2n) is 5.97. The topological polar surface area (TPSA) is 58.1 Å². The minimum atomic E-state index is -4.55. The minimum absolute atomic E-state index is 0.172. The maximum Gasteiger partial charge on any atom is 0.417 e. The predicted octanol–water partition coefficient (Wildman–Crippen LogP) is 4.52. The van der Waals surface area contributed by atoms with Gasteiger partial charge in [0, 0.05) is 18.8 Å². The number of amides is 1. The standard InChI is InChI=1S/C17H16ClF3N4O/c18-13-5-4-11(10-12(13)17(19,20)21)22-15-7-6-14(23-24-15)16(26)25-8-2-1-3-9-25/h4-7,10H,1-3,8-9H2,(H,22,24). The number of hydrogen-bond donors (Lipinski definition) is 1. The molecule has 0 radical (unpaired) electrons.